The summed E-state index contributed by atoms with van der Waals surface area (Å²) in [5.74, 6) is 0. The van der Waals surface area contributed by atoms with Crippen molar-refractivity contribution in [3.05, 3.63) is 117 Å². The van der Waals surface area contributed by atoms with Gasteiger partial charge in [-0.05, 0) is 69.2 Å². The van der Waals surface area contributed by atoms with Crippen LogP contribution in [0.3, 0.4) is 0 Å². The molecule has 0 spiro atoms. The number of nitro benzene ring substituents is 1. The van der Waals surface area contributed by atoms with Crippen LogP contribution in [-0.2, 0) is 0 Å². The van der Waals surface area contributed by atoms with Gasteiger partial charge in [-0.2, -0.15) is 0 Å². The molecule has 4 rings (SSSR count). The fourth-order valence-electron chi connectivity index (χ4n) is 3.33. The predicted molar refractivity (Wildman–Crippen MR) is 186 cm³/mol. The SMILES string of the molecule is C.Cc1ccc(Sc2ccccc2N)c(C)c1.Cc1ccc(Sc2ccccc2[N+](=O)[O-])c(C)c1.Cl.I[I-]I. The standard InChI is InChI=1S/C14H13NO2S.C14H15NS.CH4.ClH.I3/c1-10-7-8-13(11(2)9-10)18-14-6-4-3-5-12(14)15(16)17;1-10-7-8-13(11(2)9-10)16-14-6-4-3-5-12(14)15;;;1-3-2/h3-9H,1-2H3;3-9H,15H2,1-2H3;1H4;1H;/q;;;;-1. The topological polar surface area (TPSA) is 69.2 Å². The van der Waals surface area contributed by atoms with Gasteiger partial charge in [0.05, 0.1) is 9.82 Å². The molecule has 0 fully saturated rings. The summed E-state index contributed by atoms with van der Waals surface area (Å²) in [5, 5.41) is 10.9. The minimum atomic E-state index is -0.341. The van der Waals surface area contributed by atoms with Gasteiger partial charge >= 0.3 is 50.5 Å². The second-order valence-electron chi connectivity index (χ2n) is 8.06. The number of rotatable bonds is 5. The number of nitro groups is 1. The van der Waals surface area contributed by atoms with Gasteiger partial charge in [0, 0.05) is 26.4 Å². The maximum atomic E-state index is 10.9. The molecule has 0 heterocycles. The van der Waals surface area contributed by atoms with Crippen LogP contribution >= 0.6 is 73.2 Å². The van der Waals surface area contributed by atoms with Crippen LogP contribution in [0.5, 0.6) is 0 Å². The zero-order valence-corrected chi connectivity index (χ0v) is 30.2. The second kappa shape index (κ2) is 20.2. The van der Waals surface area contributed by atoms with E-state index >= 15 is 0 Å². The number of hydrogen-bond donors (Lipinski definition) is 1. The Labute approximate surface area is 277 Å². The molecule has 10 heteroatoms. The Bertz CT molecular complexity index is 1340. The molecule has 4 aromatic rings. The van der Waals surface area contributed by atoms with E-state index < -0.39 is 0 Å². The summed E-state index contributed by atoms with van der Waals surface area (Å²) in [5.41, 5.74) is 11.8. The van der Waals surface area contributed by atoms with Gasteiger partial charge in [-0.3, -0.25) is 10.1 Å². The number of nitrogens with two attached hydrogens (primary N) is 1. The molecule has 0 aliphatic rings. The van der Waals surface area contributed by atoms with Crippen LogP contribution in [-0.4, -0.2) is 4.92 Å². The van der Waals surface area contributed by atoms with Crippen LogP contribution in [0.1, 0.15) is 29.7 Å². The van der Waals surface area contributed by atoms with Gasteiger partial charge in [0.1, 0.15) is 0 Å². The van der Waals surface area contributed by atoms with Crippen molar-refractivity contribution < 1.29 is 18.2 Å². The molecule has 4 nitrogen and oxygen atoms in total. The molecule has 0 saturated heterocycles. The van der Waals surface area contributed by atoms with Crippen LogP contribution in [0.15, 0.2) is 105 Å². The summed E-state index contributed by atoms with van der Waals surface area (Å²) < 4.78 is 0. The van der Waals surface area contributed by atoms with Crippen LogP contribution in [0, 0.1) is 37.8 Å². The molecule has 4 aromatic carbocycles. The average Bonchev–Trinajstić information content (AvgIpc) is 2.85. The van der Waals surface area contributed by atoms with E-state index in [0.29, 0.717) is 18.2 Å². The normalized spacial score (nSPS) is 9.59. The number of aryl methyl sites for hydroxylation is 4. The third-order valence-electron chi connectivity index (χ3n) is 5.08. The number of nitrogens with zero attached hydrogens (tertiary/aromatic N) is 1. The number of para-hydroxylation sites is 2. The van der Waals surface area contributed by atoms with E-state index in [0.717, 1.165) is 21.0 Å². The predicted octanol–water partition coefficient (Wildman–Crippen LogP) is 8.23. The van der Waals surface area contributed by atoms with Crippen LogP contribution in [0.4, 0.5) is 11.4 Å². The monoisotopic (exact) mass is 921 g/mol. The molecule has 0 atom stereocenters. The van der Waals surface area contributed by atoms with E-state index in [9.17, 15) is 10.1 Å². The van der Waals surface area contributed by atoms with Crippen molar-refractivity contribution >= 4 is 84.5 Å². The first-order chi connectivity index (χ1) is 17.7. The molecule has 0 aromatic heterocycles. The summed E-state index contributed by atoms with van der Waals surface area (Å²) in [4.78, 5) is 14.7. The minimum absolute atomic E-state index is 0. The zero-order valence-electron chi connectivity index (χ0n) is 21.3. The average molecular weight is 922 g/mol. The molecule has 0 unspecified atom stereocenters. The van der Waals surface area contributed by atoms with E-state index in [2.05, 4.69) is 81.4 Å². The van der Waals surface area contributed by atoms with Gasteiger partial charge in [0.2, 0.25) is 0 Å². The molecule has 39 heavy (non-hydrogen) atoms. The van der Waals surface area contributed by atoms with Crippen molar-refractivity contribution in [2.45, 2.75) is 54.7 Å². The first-order valence-electron chi connectivity index (χ1n) is 11.1. The summed E-state index contributed by atoms with van der Waals surface area (Å²) in [6.07, 6.45) is 0. The van der Waals surface area contributed by atoms with Gasteiger partial charge < -0.3 is 5.73 Å². The van der Waals surface area contributed by atoms with E-state index in [1.807, 2.05) is 50.2 Å². The summed E-state index contributed by atoms with van der Waals surface area (Å²) >= 11 is 8.46. The Kier molecular flexibility index (Phi) is 19.8. The molecule has 0 aliphatic carbocycles. The van der Waals surface area contributed by atoms with Gasteiger partial charge in [0.15, 0.2) is 0 Å². The van der Waals surface area contributed by atoms with E-state index in [4.69, 9.17) is 5.73 Å². The molecular formula is C29H33ClI3N2O2S2-. The molecule has 0 amide bonds. The van der Waals surface area contributed by atoms with Crippen molar-refractivity contribution in [1.29, 1.82) is 0 Å². The first kappa shape index (κ1) is 38.3. The van der Waals surface area contributed by atoms with Crippen molar-refractivity contribution in [2.75, 3.05) is 5.73 Å². The van der Waals surface area contributed by atoms with Gasteiger partial charge in [-0.25, -0.2) is 0 Å². The number of benzene rings is 4. The Morgan fingerprint density at radius 2 is 1.13 bits per heavy atom. The van der Waals surface area contributed by atoms with Gasteiger partial charge in [-0.1, -0.05) is 90.6 Å². The van der Waals surface area contributed by atoms with Crippen LogP contribution in [0.2, 0.25) is 0 Å². The molecular weight excluding hydrogens is 889 g/mol. The Hall–Kier alpha value is -0.740. The Balaban J connectivity index is 0.000000646. The van der Waals surface area contributed by atoms with E-state index in [1.54, 1.807) is 23.9 Å². The first-order valence-corrected chi connectivity index (χ1v) is 25.3. The fourth-order valence-corrected chi connectivity index (χ4v) is 5.24. The zero-order chi connectivity index (χ0) is 27.4. The number of hydrogen-bond acceptors (Lipinski definition) is 5. The summed E-state index contributed by atoms with van der Waals surface area (Å²) in [6, 6.07) is 27.4. The third-order valence-corrected chi connectivity index (χ3v) is 7.59. The van der Waals surface area contributed by atoms with Crippen LogP contribution < -0.4 is 19.0 Å². The molecule has 0 bridgehead atoms. The molecule has 0 saturated carbocycles. The maximum absolute atomic E-state index is 10.9. The van der Waals surface area contributed by atoms with Crippen molar-refractivity contribution in [3.63, 3.8) is 0 Å². The van der Waals surface area contributed by atoms with E-state index in [-0.39, 0.29) is 30.4 Å². The molecule has 0 radical (unpaired) electrons. The Morgan fingerprint density at radius 1 is 0.718 bits per heavy atom. The summed E-state index contributed by atoms with van der Waals surface area (Å²) in [6.45, 7) is 8.29. The third kappa shape index (κ3) is 13.2. The quantitative estimate of drug-likeness (QED) is 0.0947. The number of halogens is 4. The van der Waals surface area contributed by atoms with Crippen LogP contribution in [0.25, 0.3) is 0 Å². The van der Waals surface area contributed by atoms with Crippen molar-refractivity contribution in [3.8, 4) is 0 Å². The van der Waals surface area contributed by atoms with E-state index in [1.165, 1.54) is 39.4 Å². The molecule has 212 valence electrons. The molecule has 2 N–H and O–H groups in total. The van der Waals surface area contributed by atoms with Crippen molar-refractivity contribution in [1.82, 2.24) is 0 Å². The number of nitrogen functional groups attached to an aromatic ring is 1. The second-order valence-corrected chi connectivity index (χ2v) is 26.5. The summed E-state index contributed by atoms with van der Waals surface area (Å²) in [7, 11) is 0. The fraction of sp³-hybridized carbons (Fsp3) is 0.172. The molecule has 0 aliphatic heterocycles. The number of anilines is 1. The Morgan fingerprint density at radius 3 is 1.56 bits per heavy atom. The van der Waals surface area contributed by atoms with Gasteiger partial charge in [0.25, 0.3) is 5.69 Å². The van der Waals surface area contributed by atoms with Gasteiger partial charge in [-0.15, -0.1) is 12.4 Å². The van der Waals surface area contributed by atoms with Crippen molar-refractivity contribution in [2.24, 2.45) is 0 Å².